The predicted octanol–water partition coefficient (Wildman–Crippen LogP) is -0.527. The van der Waals surface area contributed by atoms with Gasteiger partial charge in [0.2, 0.25) is 0 Å². The number of hydrogen-bond acceptors (Lipinski definition) is 3. The minimum Gasteiger partial charge on any atom is -0.320 e. The van der Waals surface area contributed by atoms with Gasteiger partial charge in [-0.25, -0.2) is 24.4 Å². The molecular formula is C12H12N4O2. The highest BCUT2D eigenvalue weighted by atomic mass is 16.2. The lowest BCUT2D eigenvalue weighted by molar-refractivity contribution is 0.947. The van der Waals surface area contributed by atoms with Gasteiger partial charge in [0.15, 0.2) is 0 Å². The Hall–Kier alpha value is -2.52. The van der Waals surface area contributed by atoms with E-state index >= 15 is 0 Å². The maximum Gasteiger partial charge on any atom is 0.349 e. The zero-order valence-electron chi connectivity index (χ0n) is 9.78. The number of rotatable bonds is 1. The summed E-state index contributed by atoms with van der Waals surface area (Å²) < 4.78 is 1.000. The van der Waals surface area contributed by atoms with Crippen LogP contribution >= 0.6 is 0 Å². The van der Waals surface area contributed by atoms with Gasteiger partial charge in [-0.2, -0.15) is 0 Å². The Morgan fingerprint density at radius 1 is 1.28 bits per heavy atom. The first-order valence-corrected chi connectivity index (χ1v) is 5.33. The van der Waals surface area contributed by atoms with Crippen LogP contribution in [0.2, 0.25) is 0 Å². The molecule has 0 aliphatic carbocycles. The van der Waals surface area contributed by atoms with Crippen LogP contribution in [-0.2, 0) is 0 Å². The highest BCUT2D eigenvalue weighted by Crippen LogP contribution is 2.12. The Kier molecular flexibility index (Phi) is 3.17. The van der Waals surface area contributed by atoms with Gasteiger partial charge in [-0.05, 0) is 24.6 Å². The van der Waals surface area contributed by atoms with E-state index in [1.165, 1.54) is 0 Å². The average molecular weight is 244 g/mol. The van der Waals surface area contributed by atoms with E-state index in [0.717, 1.165) is 10.1 Å². The molecule has 6 nitrogen and oxygen atoms in total. The summed E-state index contributed by atoms with van der Waals surface area (Å²) in [5.74, 6) is 5.57. The van der Waals surface area contributed by atoms with Crippen molar-refractivity contribution in [2.75, 3.05) is 6.54 Å². The van der Waals surface area contributed by atoms with Crippen molar-refractivity contribution in [2.24, 2.45) is 5.73 Å². The summed E-state index contributed by atoms with van der Waals surface area (Å²) in [7, 11) is 0. The lowest BCUT2D eigenvalue weighted by Gasteiger charge is -2.04. The van der Waals surface area contributed by atoms with Gasteiger partial charge in [0.25, 0.3) is 0 Å². The molecule has 0 bridgehead atoms. The SMILES string of the molecule is Cc1ccc(-n2c(=O)[nH][nH]c2=O)c(C#CCN)c1. The van der Waals surface area contributed by atoms with E-state index in [0.29, 0.717) is 11.3 Å². The number of aromatic amines is 2. The molecule has 0 unspecified atom stereocenters. The molecule has 18 heavy (non-hydrogen) atoms. The number of benzene rings is 1. The summed E-state index contributed by atoms with van der Waals surface area (Å²) in [5.41, 5.74) is 6.29. The van der Waals surface area contributed by atoms with Crippen molar-refractivity contribution in [2.45, 2.75) is 6.92 Å². The summed E-state index contributed by atoms with van der Waals surface area (Å²) in [6, 6.07) is 5.29. The minimum atomic E-state index is -0.528. The molecule has 0 radical (unpaired) electrons. The number of nitrogens with zero attached hydrogens (tertiary/aromatic N) is 1. The number of aryl methyl sites for hydroxylation is 1. The Bertz CT molecular complexity index is 712. The van der Waals surface area contributed by atoms with Crippen LogP contribution in [-0.4, -0.2) is 21.3 Å². The van der Waals surface area contributed by atoms with E-state index in [-0.39, 0.29) is 6.54 Å². The quantitative estimate of drug-likeness (QED) is 0.588. The first-order valence-electron chi connectivity index (χ1n) is 5.33. The van der Waals surface area contributed by atoms with E-state index < -0.39 is 11.4 Å². The van der Waals surface area contributed by atoms with Crippen LogP contribution in [0.3, 0.4) is 0 Å². The van der Waals surface area contributed by atoms with E-state index in [4.69, 9.17) is 5.73 Å². The molecule has 2 rings (SSSR count). The summed E-state index contributed by atoms with van der Waals surface area (Å²) >= 11 is 0. The van der Waals surface area contributed by atoms with Crippen molar-refractivity contribution in [3.05, 3.63) is 50.3 Å². The maximum absolute atomic E-state index is 11.6. The number of aromatic nitrogens is 3. The Morgan fingerprint density at radius 3 is 2.56 bits per heavy atom. The van der Waals surface area contributed by atoms with Crippen LogP contribution in [0.1, 0.15) is 11.1 Å². The third-order valence-electron chi connectivity index (χ3n) is 2.40. The molecule has 1 aromatic carbocycles. The van der Waals surface area contributed by atoms with Crippen LogP contribution in [0.4, 0.5) is 0 Å². The number of nitrogens with one attached hydrogen (secondary N) is 2. The number of H-pyrrole nitrogens is 2. The van der Waals surface area contributed by atoms with Crippen LogP contribution in [0.15, 0.2) is 27.8 Å². The first-order chi connectivity index (χ1) is 8.63. The van der Waals surface area contributed by atoms with Gasteiger partial charge in [-0.3, -0.25) is 0 Å². The van der Waals surface area contributed by atoms with Gasteiger partial charge in [0, 0.05) is 5.56 Å². The Morgan fingerprint density at radius 2 is 1.94 bits per heavy atom. The second kappa shape index (κ2) is 4.77. The standard InChI is InChI=1S/C12H12N4O2/c1-8-4-5-10(9(7-8)3-2-6-13)16-11(17)14-15-12(16)18/h4-5,7H,6,13H2,1H3,(H,14,17)(H,15,18). The second-order valence-electron chi connectivity index (χ2n) is 3.72. The minimum absolute atomic E-state index is 0.214. The van der Waals surface area contributed by atoms with Crippen LogP contribution in [0, 0.1) is 18.8 Å². The fourth-order valence-electron chi connectivity index (χ4n) is 1.62. The van der Waals surface area contributed by atoms with E-state index in [2.05, 4.69) is 22.0 Å². The predicted molar refractivity (Wildman–Crippen MR) is 67.7 cm³/mol. The molecule has 0 amide bonds. The van der Waals surface area contributed by atoms with Crippen molar-refractivity contribution >= 4 is 0 Å². The first kappa shape index (κ1) is 12.0. The zero-order valence-corrected chi connectivity index (χ0v) is 9.78. The molecule has 0 aliphatic rings. The lowest BCUT2D eigenvalue weighted by Crippen LogP contribution is -2.25. The molecule has 4 N–H and O–H groups in total. The molecule has 0 atom stereocenters. The van der Waals surface area contributed by atoms with E-state index in [9.17, 15) is 9.59 Å². The topological polar surface area (TPSA) is 96.7 Å². The normalized spacial score (nSPS) is 9.89. The fourth-order valence-corrected chi connectivity index (χ4v) is 1.62. The molecule has 0 fully saturated rings. The Balaban J connectivity index is 2.72. The van der Waals surface area contributed by atoms with Crippen LogP contribution < -0.4 is 17.1 Å². The molecule has 6 heteroatoms. The van der Waals surface area contributed by atoms with Crippen molar-refractivity contribution in [3.63, 3.8) is 0 Å². The zero-order chi connectivity index (χ0) is 13.1. The van der Waals surface area contributed by atoms with Crippen molar-refractivity contribution in [1.29, 1.82) is 0 Å². The lowest BCUT2D eigenvalue weighted by atomic mass is 10.1. The summed E-state index contributed by atoms with van der Waals surface area (Å²) in [6.07, 6.45) is 0. The number of nitrogens with two attached hydrogens (primary N) is 1. The van der Waals surface area contributed by atoms with Gasteiger partial charge in [-0.15, -0.1) is 0 Å². The van der Waals surface area contributed by atoms with Crippen LogP contribution in [0.5, 0.6) is 0 Å². The average Bonchev–Trinajstić information content (AvgIpc) is 2.67. The van der Waals surface area contributed by atoms with Gasteiger partial charge < -0.3 is 5.73 Å². The molecule has 2 aromatic rings. The Labute approximate surface area is 102 Å². The van der Waals surface area contributed by atoms with E-state index in [1.807, 2.05) is 13.0 Å². The van der Waals surface area contributed by atoms with Crippen molar-refractivity contribution < 1.29 is 0 Å². The molecule has 1 heterocycles. The molecule has 0 saturated carbocycles. The summed E-state index contributed by atoms with van der Waals surface area (Å²) in [5, 5.41) is 4.46. The molecule has 0 aliphatic heterocycles. The van der Waals surface area contributed by atoms with Crippen LogP contribution in [0.25, 0.3) is 5.69 Å². The van der Waals surface area contributed by atoms with Gasteiger partial charge in [0.05, 0.1) is 12.2 Å². The highest BCUT2D eigenvalue weighted by Gasteiger charge is 2.09. The second-order valence-corrected chi connectivity index (χ2v) is 3.72. The smallest absolute Gasteiger partial charge is 0.320 e. The van der Waals surface area contributed by atoms with Gasteiger partial charge >= 0.3 is 11.4 Å². The van der Waals surface area contributed by atoms with Gasteiger partial charge in [-0.1, -0.05) is 17.9 Å². The fraction of sp³-hybridized carbons (Fsp3) is 0.167. The molecular weight excluding hydrogens is 232 g/mol. The van der Waals surface area contributed by atoms with E-state index in [1.54, 1.807) is 12.1 Å². The van der Waals surface area contributed by atoms with Gasteiger partial charge in [0.1, 0.15) is 0 Å². The maximum atomic E-state index is 11.6. The summed E-state index contributed by atoms with van der Waals surface area (Å²) in [4.78, 5) is 23.1. The largest absolute Gasteiger partial charge is 0.349 e. The molecule has 0 spiro atoms. The molecule has 92 valence electrons. The monoisotopic (exact) mass is 244 g/mol. The highest BCUT2D eigenvalue weighted by molar-refractivity contribution is 5.52. The van der Waals surface area contributed by atoms with Crippen molar-refractivity contribution in [3.8, 4) is 17.5 Å². The molecule has 0 saturated heterocycles. The van der Waals surface area contributed by atoms with Crippen molar-refractivity contribution in [1.82, 2.24) is 14.8 Å². The third-order valence-corrected chi connectivity index (χ3v) is 2.40. The number of hydrogen-bond donors (Lipinski definition) is 3. The molecule has 1 aromatic heterocycles. The summed E-state index contributed by atoms with van der Waals surface area (Å²) in [6.45, 7) is 2.12. The third kappa shape index (κ3) is 2.12.